The van der Waals surface area contributed by atoms with Gasteiger partial charge in [0.15, 0.2) is 0 Å². The number of rotatable bonds is 3. The van der Waals surface area contributed by atoms with Crippen LogP contribution in [0.5, 0.6) is 0 Å². The summed E-state index contributed by atoms with van der Waals surface area (Å²) in [6, 6.07) is 8.27. The number of benzene rings is 1. The van der Waals surface area contributed by atoms with Gasteiger partial charge in [0.25, 0.3) is 0 Å². The van der Waals surface area contributed by atoms with E-state index in [2.05, 4.69) is 36.6 Å². The minimum absolute atomic E-state index is 0.0195. The summed E-state index contributed by atoms with van der Waals surface area (Å²) in [5, 5.41) is 6.47. The van der Waals surface area contributed by atoms with E-state index in [4.69, 9.17) is 0 Å². The van der Waals surface area contributed by atoms with Gasteiger partial charge in [-0.05, 0) is 44.4 Å². The molecule has 0 bridgehead atoms. The molecule has 0 aromatic heterocycles. The molecule has 0 saturated carbocycles. The lowest BCUT2D eigenvalue weighted by molar-refractivity contribution is -0.123. The molecule has 19 heavy (non-hydrogen) atoms. The molecule has 0 radical (unpaired) electrons. The third-order valence-electron chi connectivity index (χ3n) is 3.89. The molecule has 2 rings (SSSR count). The van der Waals surface area contributed by atoms with Crippen LogP contribution in [0, 0.1) is 6.92 Å². The van der Waals surface area contributed by atoms with Crippen LogP contribution in [0.15, 0.2) is 24.3 Å². The molecule has 1 amide bonds. The van der Waals surface area contributed by atoms with Gasteiger partial charge in [-0.3, -0.25) is 4.79 Å². The van der Waals surface area contributed by atoms with E-state index in [1.807, 2.05) is 12.1 Å². The maximum Gasteiger partial charge on any atom is 0.237 e. The maximum atomic E-state index is 12.3. The molecule has 1 aromatic carbocycles. The molecule has 1 heterocycles. The van der Waals surface area contributed by atoms with Crippen molar-refractivity contribution in [3.8, 4) is 0 Å². The summed E-state index contributed by atoms with van der Waals surface area (Å²) in [5.41, 5.74) is 2.42. The smallest absolute Gasteiger partial charge is 0.237 e. The van der Waals surface area contributed by atoms with E-state index in [1.54, 1.807) is 0 Å². The number of nitrogens with one attached hydrogen (secondary N) is 2. The Balaban J connectivity index is 1.96. The zero-order valence-corrected chi connectivity index (χ0v) is 11.9. The van der Waals surface area contributed by atoms with Crippen molar-refractivity contribution >= 4 is 5.91 Å². The van der Waals surface area contributed by atoms with Gasteiger partial charge in [0, 0.05) is 0 Å². The van der Waals surface area contributed by atoms with Gasteiger partial charge in [-0.2, -0.15) is 0 Å². The van der Waals surface area contributed by atoms with Crippen LogP contribution in [0.1, 0.15) is 49.8 Å². The van der Waals surface area contributed by atoms with E-state index < -0.39 is 0 Å². The summed E-state index contributed by atoms with van der Waals surface area (Å²) >= 11 is 0. The van der Waals surface area contributed by atoms with Gasteiger partial charge < -0.3 is 10.6 Å². The Morgan fingerprint density at radius 3 is 2.89 bits per heavy atom. The zero-order chi connectivity index (χ0) is 13.7. The lowest BCUT2D eigenvalue weighted by atomic mass is 10.0. The predicted molar refractivity (Wildman–Crippen MR) is 78.0 cm³/mol. The minimum atomic E-state index is -0.0195. The molecule has 104 valence electrons. The Morgan fingerprint density at radius 2 is 2.11 bits per heavy atom. The number of amides is 1. The average Bonchev–Trinajstić information content (AvgIpc) is 2.68. The molecule has 1 saturated heterocycles. The molecular formula is C16H24N2O. The number of carbonyl (C=O) groups excluding carboxylic acids is 1. The first-order chi connectivity index (χ1) is 9.18. The van der Waals surface area contributed by atoms with Crippen molar-refractivity contribution in [3.63, 3.8) is 0 Å². The summed E-state index contributed by atoms with van der Waals surface area (Å²) in [4.78, 5) is 12.3. The molecule has 2 atom stereocenters. The molecule has 2 N–H and O–H groups in total. The van der Waals surface area contributed by atoms with E-state index in [0.29, 0.717) is 0 Å². The Hall–Kier alpha value is -1.35. The molecule has 1 aromatic rings. The van der Waals surface area contributed by atoms with Crippen molar-refractivity contribution in [1.82, 2.24) is 10.6 Å². The van der Waals surface area contributed by atoms with Gasteiger partial charge in [0.1, 0.15) is 0 Å². The molecule has 1 aliphatic heterocycles. The fraction of sp³-hybridized carbons (Fsp3) is 0.562. The molecule has 3 heteroatoms. The molecule has 0 aliphatic carbocycles. The number of hydrogen-bond donors (Lipinski definition) is 2. The van der Waals surface area contributed by atoms with Crippen LogP contribution in [0.2, 0.25) is 0 Å². The summed E-state index contributed by atoms with van der Waals surface area (Å²) in [7, 11) is 0. The highest BCUT2D eigenvalue weighted by Crippen LogP contribution is 2.17. The molecular weight excluding hydrogens is 236 g/mol. The molecule has 1 unspecified atom stereocenters. The van der Waals surface area contributed by atoms with Gasteiger partial charge in [-0.1, -0.05) is 37.1 Å². The van der Waals surface area contributed by atoms with Crippen molar-refractivity contribution in [2.45, 2.75) is 51.6 Å². The average molecular weight is 260 g/mol. The highest BCUT2D eigenvalue weighted by Gasteiger charge is 2.21. The fourth-order valence-corrected chi connectivity index (χ4v) is 2.72. The van der Waals surface area contributed by atoms with E-state index >= 15 is 0 Å². The van der Waals surface area contributed by atoms with Crippen molar-refractivity contribution in [2.24, 2.45) is 0 Å². The van der Waals surface area contributed by atoms with Crippen molar-refractivity contribution in [1.29, 1.82) is 0 Å². The standard InChI is InChI=1S/C16H24N2O/c1-12-8-5-6-9-14(12)13(2)18-16(19)15-10-4-3-7-11-17-15/h5-6,8-9,13,15,17H,3-4,7,10-11H2,1-2H3,(H,18,19)/t13-,15?/m0/s1. The van der Waals surface area contributed by atoms with Gasteiger partial charge in [-0.25, -0.2) is 0 Å². The number of hydrogen-bond acceptors (Lipinski definition) is 2. The Labute approximate surface area is 115 Å². The number of carbonyl (C=O) groups is 1. The molecule has 3 nitrogen and oxygen atoms in total. The third kappa shape index (κ3) is 3.80. The van der Waals surface area contributed by atoms with E-state index in [1.165, 1.54) is 24.0 Å². The highest BCUT2D eigenvalue weighted by molar-refractivity contribution is 5.82. The lowest BCUT2D eigenvalue weighted by Crippen LogP contribution is -2.44. The molecule has 1 aliphatic rings. The summed E-state index contributed by atoms with van der Waals surface area (Å²) < 4.78 is 0. The monoisotopic (exact) mass is 260 g/mol. The van der Waals surface area contributed by atoms with Crippen molar-refractivity contribution < 1.29 is 4.79 Å². The zero-order valence-electron chi connectivity index (χ0n) is 11.9. The normalized spacial score (nSPS) is 21.5. The Kier molecular flexibility index (Phi) is 4.97. The van der Waals surface area contributed by atoms with Crippen LogP contribution in [0.3, 0.4) is 0 Å². The van der Waals surface area contributed by atoms with Gasteiger partial charge in [0.05, 0.1) is 12.1 Å². The first-order valence-electron chi connectivity index (χ1n) is 7.28. The summed E-state index contributed by atoms with van der Waals surface area (Å²) in [6.45, 7) is 5.09. The molecule has 0 spiro atoms. The van der Waals surface area contributed by atoms with E-state index in [9.17, 15) is 4.79 Å². The van der Waals surface area contributed by atoms with Crippen LogP contribution < -0.4 is 10.6 Å². The summed E-state index contributed by atoms with van der Waals surface area (Å²) in [6.07, 6.45) is 4.50. The van der Waals surface area contributed by atoms with Crippen molar-refractivity contribution in [2.75, 3.05) is 6.54 Å². The Morgan fingerprint density at radius 1 is 1.32 bits per heavy atom. The van der Waals surface area contributed by atoms with Crippen LogP contribution >= 0.6 is 0 Å². The van der Waals surface area contributed by atoms with Gasteiger partial charge in [0.2, 0.25) is 5.91 Å². The van der Waals surface area contributed by atoms with Crippen molar-refractivity contribution in [3.05, 3.63) is 35.4 Å². The maximum absolute atomic E-state index is 12.3. The van der Waals surface area contributed by atoms with Crippen LogP contribution in [-0.2, 0) is 4.79 Å². The number of aryl methyl sites for hydroxylation is 1. The van der Waals surface area contributed by atoms with E-state index in [0.717, 1.165) is 19.4 Å². The second-order valence-corrected chi connectivity index (χ2v) is 5.44. The van der Waals surface area contributed by atoms with Crippen LogP contribution in [-0.4, -0.2) is 18.5 Å². The fourth-order valence-electron chi connectivity index (χ4n) is 2.72. The topological polar surface area (TPSA) is 41.1 Å². The van der Waals surface area contributed by atoms with Crippen LogP contribution in [0.25, 0.3) is 0 Å². The Bertz CT molecular complexity index is 423. The van der Waals surface area contributed by atoms with Crippen LogP contribution in [0.4, 0.5) is 0 Å². The highest BCUT2D eigenvalue weighted by atomic mass is 16.2. The first kappa shape index (κ1) is 14.1. The lowest BCUT2D eigenvalue weighted by Gasteiger charge is -2.21. The van der Waals surface area contributed by atoms with Gasteiger partial charge >= 0.3 is 0 Å². The molecule has 1 fully saturated rings. The quantitative estimate of drug-likeness (QED) is 0.877. The largest absolute Gasteiger partial charge is 0.348 e. The second-order valence-electron chi connectivity index (χ2n) is 5.44. The van der Waals surface area contributed by atoms with Gasteiger partial charge in [-0.15, -0.1) is 0 Å². The first-order valence-corrected chi connectivity index (χ1v) is 7.28. The van der Waals surface area contributed by atoms with E-state index in [-0.39, 0.29) is 18.0 Å². The second kappa shape index (κ2) is 6.71. The third-order valence-corrected chi connectivity index (χ3v) is 3.89. The minimum Gasteiger partial charge on any atom is -0.348 e. The summed E-state index contributed by atoms with van der Waals surface area (Å²) in [5.74, 6) is 0.137. The SMILES string of the molecule is Cc1ccccc1[C@H](C)NC(=O)C1CCCCCN1. The predicted octanol–water partition coefficient (Wildman–Crippen LogP) is 2.70.